The fourth-order valence-corrected chi connectivity index (χ4v) is 3.05. The number of hydrogen-bond acceptors (Lipinski definition) is 5. The summed E-state index contributed by atoms with van der Waals surface area (Å²) in [7, 11) is 1.37. The van der Waals surface area contributed by atoms with Gasteiger partial charge in [-0.05, 0) is 49.9 Å². The molecule has 0 spiro atoms. The summed E-state index contributed by atoms with van der Waals surface area (Å²) in [4.78, 5) is 14.3. The lowest BCUT2D eigenvalue weighted by atomic mass is 9.91. The normalized spacial score (nSPS) is 21.6. The molecule has 3 atom stereocenters. The zero-order valence-electron chi connectivity index (χ0n) is 13.0. The number of carbonyl (C=O) groups excluding carboxylic acids is 1. The van der Waals surface area contributed by atoms with Gasteiger partial charge in [0.2, 0.25) is 0 Å². The number of hydrogen-bond donors (Lipinski definition) is 1. The standard InChI is InChI=1S/C17H22N2O3/c1-12(20)15-7-4-8-19(11-15)16(17(21)22-2)14-6-3-5-13(9-14)10-18/h3,5-6,9,12,15-16,20H,4,7-8,11H2,1-2H3. The molecule has 1 N–H and O–H groups in total. The molecule has 3 unspecified atom stereocenters. The summed E-state index contributed by atoms with van der Waals surface area (Å²) in [6.07, 6.45) is 1.49. The highest BCUT2D eigenvalue weighted by Crippen LogP contribution is 2.29. The number of methoxy groups -OCH3 is 1. The fourth-order valence-electron chi connectivity index (χ4n) is 3.05. The Hall–Kier alpha value is -1.90. The first-order valence-electron chi connectivity index (χ1n) is 7.56. The van der Waals surface area contributed by atoms with Crippen molar-refractivity contribution in [1.82, 2.24) is 4.90 Å². The van der Waals surface area contributed by atoms with Crippen LogP contribution in [0.1, 0.15) is 36.9 Å². The molecule has 1 aliphatic rings. The quantitative estimate of drug-likeness (QED) is 0.859. The van der Waals surface area contributed by atoms with Gasteiger partial charge in [0.15, 0.2) is 0 Å². The third-order valence-electron chi connectivity index (χ3n) is 4.29. The van der Waals surface area contributed by atoms with Gasteiger partial charge in [0.1, 0.15) is 6.04 Å². The summed E-state index contributed by atoms with van der Waals surface area (Å²) in [5.41, 5.74) is 1.28. The number of nitrogens with zero attached hydrogens (tertiary/aromatic N) is 2. The molecule has 5 nitrogen and oxygen atoms in total. The molecule has 1 saturated heterocycles. The van der Waals surface area contributed by atoms with Crippen LogP contribution in [0.2, 0.25) is 0 Å². The van der Waals surface area contributed by atoms with Crippen molar-refractivity contribution >= 4 is 5.97 Å². The minimum atomic E-state index is -0.528. The van der Waals surface area contributed by atoms with Crippen LogP contribution in [0.3, 0.4) is 0 Å². The summed E-state index contributed by atoms with van der Waals surface area (Å²) in [5.74, 6) is -0.179. The van der Waals surface area contributed by atoms with E-state index in [9.17, 15) is 9.90 Å². The largest absolute Gasteiger partial charge is 0.468 e. The predicted molar refractivity (Wildman–Crippen MR) is 81.9 cm³/mol. The van der Waals surface area contributed by atoms with Crippen LogP contribution in [0.15, 0.2) is 24.3 Å². The summed E-state index contributed by atoms with van der Waals surface area (Å²) in [6.45, 7) is 3.21. The van der Waals surface area contributed by atoms with E-state index in [1.54, 1.807) is 25.1 Å². The number of carbonyl (C=O) groups is 1. The van der Waals surface area contributed by atoms with Crippen molar-refractivity contribution in [1.29, 1.82) is 5.26 Å². The molecule has 1 aromatic carbocycles. The lowest BCUT2D eigenvalue weighted by Gasteiger charge is -2.38. The third-order valence-corrected chi connectivity index (χ3v) is 4.29. The molecule has 22 heavy (non-hydrogen) atoms. The maximum Gasteiger partial charge on any atom is 0.327 e. The Labute approximate surface area is 131 Å². The van der Waals surface area contributed by atoms with Crippen LogP contribution in [-0.2, 0) is 9.53 Å². The van der Waals surface area contributed by atoms with E-state index < -0.39 is 12.1 Å². The summed E-state index contributed by atoms with van der Waals surface area (Å²) >= 11 is 0. The Morgan fingerprint density at radius 2 is 2.32 bits per heavy atom. The number of piperidine rings is 1. The van der Waals surface area contributed by atoms with Gasteiger partial charge in [0.25, 0.3) is 0 Å². The van der Waals surface area contributed by atoms with Crippen molar-refractivity contribution in [3.63, 3.8) is 0 Å². The van der Waals surface area contributed by atoms with E-state index in [-0.39, 0.29) is 11.9 Å². The number of ether oxygens (including phenoxy) is 1. The SMILES string of the molecule is COC(=O)C(c1cccc(C#N)c1)N1CCCC(C(C)O)C1. The molecular formula is C17H22N2O3. The number of esters is 1. The first-order chi connectivity index (χ1) is 10.6. The molecule has 0 amide bonds. The zero-order valence-corrected chi connectivity index (χ0v) is 13.0. The fraction of sp³-hybridized carbons (Fsp3) is 0.529. The van der Waals surface area contributed by atoms with E-state index in [0.717, 1.165) is 24.9 Å². The third kappa shape index (κ3) is 3.65. The molecule has 0 aromatic heterocycles. The highest BCUT2D eigenvalue weighted by atomic mass is 16.5. The van der Waals surface area contributed by atoms with Gasteiger partial charge in [0.05, 0.1) is 24.8 Å². The second kappa shape index (κ2) is 7.39. The molecule has 0 aliphatic carbocycles. The molecule has 118 valence electrons. The van der Waals surface area contributed by atoms with Crippen LogP contribution in [0.25, 0.3) is 0 Å². The van der Waals surface area contributed by atoms with Gasteiger partial charge in [-0.25, -0.2) is 4.79 Å². The Kier molecular flexibility index (Phi) is 5.53. The molecule has 1 heterocycles. The Bertz CT molecular complexity index is 565. The molecular weight excluding hydrogens is 280 g/mol. The molecule has 5 heteroatoms. The second-order valence-electron chi connectivity index (χ2n) is 5.80. The molecule has 0 radical (unpaired) electrons. The second-order valence-corrected chi connectivity index (χ2v) is 5.80. The average molecular weight is 302 g/mol. The Balaban J connectivity index is 2.30. The van der Waals surface area contributed by atoms with Crippen molar-refractivity contribution in [3.05, 3.63) is 35.4 Å². The number of nitriles is 1. The molecule has 1 aromatic rings. The van der Waals surface area contributed by atoms with Gasteiger partial charge in [-0.15, -0.1) is 0 Å². The van der Waals surface area contributed by atoms with E-state index in [1.165, 1.54) is 7.11 Å². The van der Waals surface area contributed by atoms with Gasteiger partial charge in [0, 0.05) is 6.54 Å². The lowest BCUT2D eigenvalue weighted by Crippen LogP contribution is -2.44. The van der Waals surface area contributed by atoms with E-state index in [2.05, 4.69) is 6.07 Å². The number of benzene rings is 1. The van der Waals surface area contributed by atoms with Crippen LogP contribution >= 0.6 is 0 Å². The summed E-state index contributed by atoms with van der Waals surface area (Å²) < 4.78 is 4.96. The van der Waals surface area contributed by atoms with Crippen LogP contribution < -0.4 is 0 Å². The summed E-state index contributed by atoms with van der Waals surface area (Å²) in [6, 6.07) is 8.63. The monoisotopic (exact) mass is 302 g/mol. The van der Waals surface area contributed by atoms with Crippen LogP contribution in [-0.4, -0.2) is 42.3 Å². The van der Waals surface area contributed by atoms with Gasteiger partial charge in [-0.1, -0.05) is 12.1 Å². The van der Waals surface area contributed by atoms with Crippen molar-refractivity contribution in [2.24, 2.45) is 5.92 Å². The maximum atomic E-state index is 12.3. The minimum Gasteiger partial charge on any atom is -0.468 e. The van der Waals surface area contributed by atoms with Gasteiger partial charge < -0.3 is 9.84 Å². The maximum absolute atomic E-state index is 12.3. The minimum absolute atomic E-state index is 0.153. The molecule has 1 fully saturated rings. The van der Waals surface area contributed by atoms with Gasteiger partial charge in [-0.2, -0.15) is 5.26 Å². The molecule has 2 rings (SSSR count). The van der Waals surface area contributed by atoms with E-state index in [1.807, 2.05) is 11.0 Å². The number of aliphatic hydroxyl groups excluding tert-OH is 1. The van der Waals surface area contributed by atoms with Crippen LogP contribution in [0.5, 0.6) is 0 Å². The van der Waals surface area contributed by atoms with Crippen molar-refractivity contribution in [3.8, 4) is 6.07 Å². The van der Waals surface area contributed by atoms with Crippen molar-refractivity contribution < 1.29 is 14.6 Å². The van der Waals surface area contributed by atoms with E-state index >= 15 is 0 Å². The highest BCUT2D eigenvalue weighted by molar-refractivity contribution is 5.77. The Morgan fingerprint density at radius 3 is 2.95 bits per heavy atom. The number of aliphatic hydroxyl groups is 1. The number of rotatable bonds is 4. The molecule has 0 saturated carbocycles. The van der Waals surface area contributed by atoms with Crippen molar-refractivity contribution in [2.75, 3.05) is 20.2 Å². The van der Waals surface area contributed by atoms with Crippen LogP contribution in [0.4, 0.5) is 0 Å². The zero-order chi connectivity index (χ0) is 16.1. The van der Waals surface area contributed by atoms with Gasteiger partial charge >= 0.3 is 5.97 Å². The van der Waals surface area contributed by atoms with Crippen molar-refractivity contribution in [2.45, 2.75) is 31.9 Å². The molecule has 1 aliphatic heterocycles. The first-order valence-corrected chi connectivity index (χ1v) is 7.56. The first kappa shape index (κ1) is 16.5. The smallest absolute Gasteiger partial charge is 0.327 e. The van der Waals surface area contributed by atoms with E-state index in [4.69, 9.17) is 10.00 Å². The van der Waals surface area contributed by atoms with E-state index in [0.29, 0.717) is 12.1 Å². The Morgan fingerprint density at radius 1 is 1.55 bits per heavy atom. The van der Waals surface area contributed by atoms with Crippen LogP contribution in [0, 0.1) is 17.2 Å². The topological polar surface area (TPSA) is 73.6 Å². The highest BCUT2D eigenvalue weighted by Gasteiger charge is 2.33. The number of likely N-dealkylation sites (tertiary alicyclic amines) is 1. The van der Waals surface area contributed by atoms with Gasteiger partial charge in [-0.3, -0.25) is 4.90 Å². The summed E-state index contributed by atoms with van der Waals surface area (Å²) in [5, 5.41) is 18.9. The average Bonchev–Trinajstić information content (AvgIpc) is 2.55. The predicted octanol–water partition coefficient (Wildman–Crippen LogP) is 1.87. The molecule has 0 bridgehead atoms. The lowest BCUT2D eigenvalue weighted by molar-refractivity contribution is -0.148.